The summed E-state index contributed by atoms with van der Waals surface area (Å²) in [7, 11) is 1.57. The van der Waals surface area contributed by atoms with E-state index in [-0.39, 0.29) is 18.2 Å². The highest BCUT2D eigenvalue weighted by Crippen LogP contribution is 2.26. The van der Waals surface area contributed by atoms with Crippen molar-refractivity contribution in [2.24, 2.45) is 5.10 Å². The number of nitrogens with one attached hydrogen (secondary N) is 2. The van der Waals surface area contributed by atoms with Crippen LogP contribution in [0.3, 0.4) is 0 Å². The molecule has 8 heteroatoms. The number of rotatable bonds is 6. The van der Waals surface area contributed by atoms with Crippen molar-refractivity contribution in [2.45, 2.75) is 0 Å². The monoisotopic (exact) mass is 551 g/mol. The molecule has 0 saturated carbocycles. The van der Waals surface area contributed by atoms with Crippen molar-refractivity contribution in [3.63, 3.8) is 0 Å². The summed E-state index contributed by atoms with van der Waals surface area (Å²) in [5.41, 5.74) is 3.98. The van der Waals surface area contributed by atoms with Crippen molar-refractivity contribution in [1.82, 2.24) is 5.43 Å². The minimum atomic E-state index is -0.277. The number of amides is 1. The van der Waals surface area contributed by atoms with Crippen molar-refractivity contribution >= 4 is 63.0 Å². The molecule has 2 rings (SSSR count). The molecule has 0 atom stereocenters. The van der Waals surface area contributed by atoms with Crippen LogP contribution in [0.5, 0.6) is 11.5 Å². The lowest BCUT2D eigenvalue weighted by molar-refractivity contribution is -0.119. The summed E-state index contributed by atoms with van der Waals surface area (Å²) in [6.45, 7) is 0.0718. The number of carbonyl (C=O) groups excluding carboxylic acids is 1. The minimum Gasteiger partial charge on any atom is -0.506 e. The van der Waals surface area contributed by atoms with Gasteiger partial charge in [0.2, 0.25) is 0 Å². The lowest BCUT2D eigenvalue weighted by atomic mass is 10.2. The number of nitrogens with zero attached hydrogens (tertiary/aromatic N) is 1. The lowest BCUT2D eigenvalue weighted by Gasteiger charge is -2.09. The molecule has 0 spiro atoms. The molecule has 0 aromatic heterocycles. The topological polar surface area (TPSA) is 83.0 Å². The van der Waals surface area contributed by atoms with Crippen LogP contribution in [0, 0.1) is 7.14 Å². The Morgan fingerprint density at radius 1 is 1.29 bits per heavy atom. The molecule has 0 heterocycles. The molecule has 0 aliphatic rings. The Bertz CT molecular complexity index is 743. The summed E-state index contributed by atoms with van der Waals surface area (Å²) in [4.78, 5) is 11.8. The van der Waals surface area contributed by atoms with E-state index in [1.165, 1.54) is 6.21 Å². The van der Waals surface area contributed by atoms with Crippen LogP contribution in [0.1, 0.15) is 5.56 Å². The van der Waals surface area contributed by atoms with Crippen LogP contribution in [-0.4, -0.2) is 30.9 Å². The molecule has 3 N–H and O–H groups in total. The Kier molecular flexibility index (Phi) is 7.09. The zero-order chi connectivity index (χ0) is 17.5. The number of hydrazone groups is 1. The molecule has 0 unspecified atom stereocenters. The largest absolute Gasteiger partial charge is 0.506 e. The molecule has 0 bridgehead atoms. The molecule has 2 aromatic rings. The van der Waals surface area contributed by atoms with Crippen LogP contribution in [0.4, 0.5) is 5.69 Å². The first-order valence-electron chi connectivity index (χ1n) is 6.88. The van der Waals surface area contributed by atoms with Crippen molar-refractivity contribution < 1.29 is 14.6 Å². The third kappa shape index (κ3) is 5.23. The van der Waals surface area contributed by atoms with Crippen LogP contribution in [0.15, 0.2) is 41.5 Å². The van der Waals surface area contributed by atoms with Crippen LogP contribution < -0.4 is 15.5 Å². The maximum absolute atomic E-state index is 11.8. The number of phenolic OH excluding ortho intramolecular Hbond substituents is 1. The van der Waals surface area contributed by atoms with E-state index in [9.17, 15) is 9.90 Å². The second kappa shape index (κ2) is 9.06. The molecule has 6 nitrogen and oxygen atoms in total. The molecular weight excluding hydrogens is 536 g/mol. The first-order chi connectivity index (χ1) is 11.5. The number of hydrogen-bond donors (Lipinski definition) is 3. The van der Waals surface area contributed by atoms with E-state index >= 15 is 0 Å². The average molecular weight is 551 g/mol. The predicted molar refractivity (Wildman–Crippen MR) is 111 cm³/mol. The number of methoxy groups -OCH3 is 1. The summed E-state index contributed by atoms with van der Waals surface area (Å²) in [6.07, 6.45) is 1.53. The highest BCUT2D eigenvalue weighted by molar-refractivity contribution is 14.1. The fourth-order valence-electron chi connectivity index (χ4n) is 1.84. The highest BCUT2D eigenvalue weighted by atomic mass is 127. The molecule has 24 heavy (non-hydrogen) atoms. The number of carbonyl (C=O) groups is 1. The van der Waals surface area contributed by atoms with Gasteiger partial charge in [-0.05, 0) is 75.0 Å². The number of hydrogen-bond acceptors (Lipinski definition) is 5. The van der Waals surface area contributed by atoms with E-state index in [1.807, 2.05) is 69.4 Å². The number of para-hydroxylation sites is 2. The third-order valence-corrected chi connectivity index (χ3v) is 4.63. The molecule has 126 valence electrons. The van der Waals surface area contributed by atoms with Crippen LogP contribution in [0.25, 0.3) is 0 Å². The van der Waals surface area contributed by atoms with Gasteiger partial charge in [0, 0.05) is 0 Å². The Hall–Kier alpha value is -1.56. The fraction of sp³-hybridized carbons (Fsp3) is 0.125. The summed E-state index contributed by atoms with van der Waals surface area (Å²) in [5, 5.41) is 16.6. The Morgan fingerprint density at radius 3 is 2.62 bits per heavy atom. The SMILES string of the molecule is COc1ccccc1NCC(=O)N/N=C\c1cc(I)c(O)c(I)c1. The van der Waals surface area contributed by atoms with E-state index in [4.69, 9.17) is 4.74 Å². The van der Waals surface area contributed by atoms with Gasteiger partial charge in [-0.25, -0.2) is 5.43 Å². The molecule has 0 aliphatic heterocycles. The standard InChI is InChI=1S/C16H15I2N3O3/c1-24-14-5-3-2-4-13(14)19-9-15(22)21-20-8-10-6-11(17)16(23)12(18)7-10/h2-8,19,23H,9H2,1H3,(H,21,22)/b20-8-. The molecule has 0 fully saturated rings. The Morgan fingerprint density at radius 2 is 1.96 bits per heavy atom. The average Bonchev–Trinajstić information content (AvgIpc) is 2.58. The number of ether oxygens (including phenoxy) is 1. The first kappa shape index (κ1) is 18.8. The van der Waals surface area contributed by atoms with Gasteiger partial charge in [0.05, 0.1) is 32.7 Å². The minimum absolute atomic E-state index is 0.0718. The van der Waals surface area contributed by atoms with Gasteiger partial charge in [0.15, 0.2) is 0 Å². The van der Waals surface area contributed by atoms with Crippen molar-refractivity contribution in [2.75, 3.05) is 19.0 Å². The zero-order valence-electron chi connectivity index (χ0n) is 12.7. The molecule has 0 aliphatic carbocycles. The Balaban J connectivity index is 1.89. The normalized spacial score (nSPS) is 10.6. The van der Waals surface area contributed by atoms with Crippen LogP contribution >= 0.6 is 45.2 Å². The van der Waals surface area contributed by atoms with E-state index in [1.54, 1.807) is 19.2 Å². The fourth-order valence-corrected chi connectivity index (χ4v) is 3.66. The number of phenols is 1. The van der Waals surface area contributed by atoms with Gasteiger partial charge in [0.25, 0.3) is 5.91 Å². The number of halogens is 2. The van der Waals surface area contributed by atoms with E-state index in [0.717, 1.165) is 18.4 Å². The molecule has 0 radical (unpaired) electrons. The highest BCUT2D eigenvalue weighted by Gasteiger charge is 2.05. The lowest BCUT2D eigenvalue weighted by Crippen LogP contribution is -2.26. The number of aromatic hydroxyl groups is 1. The first-order valence-corrected chi connectivity index (χ1v) is 9.04. The summed E-state index contributed by atoms with van der Waals surface area (Å²) in [5.74, 6) is 0.640. The van der Waals surface area contributed by atoms with E-state index in [0.29, 0.717) is 5.75 Å². The van der Waals surface area contributed by atoms with Gasteiger partial charge in [-0.3, -0.25) is 4.79 Å². The molecule has 2 aromatic carbocycles. The van der Waals surface area contributed by atoms with Gasteiger partial charge in [-0.2, -0.15) is 5.10 Å². The third-order valence-electron chi connectivity index (χ3n) is 2.99. The Labute approximate surface area is 167 Å². The smallest absolute Gasteiger partial charge is 0.259 e. The summed E-state index contributed by atoms with van der Waals surface area (Å²) >= 11 is 4.08. The maximum Gasteiger partial charge on any atom is 0.259 e. The van der Waals surface area contributed by atoms with Gasteiger partial charge < -0.3 is 15.2 Å². The number of anilines is 1. The van der Waals surface area contributed by atoms with Crippen molar-refractivity contribution in [3.05, 3.63) is 49.1 Å². The van der Waals surface area contributed by atoms with Gasteiger partial charge in [-0.15, -0.1) is 0 Å². The van der Waals surface area contributed by atoms with Crippen LogP contribution in [0.2, 0.25) is 0 Å². The van der Waals surface area contributed by atoms with Gasteiger partial charge in [-0.1, -0.05) is 12.1 Å². The second-order valence-corrected chi connectivity index (χ2v) is 7.00. The van der Waals surface area contributed by atoms with Crippen molar-refractivity contribution in [3.8, 4) is 11.5 Å². The van der Waals surface area contributed by atoms with Crippen LogP contribution in [-0.2, 0) is 4.79 Å². The van der Waals surface area contributed by atoms with E-state index < -0.39 is 0 Å². The van der Waals surface area contributed by atoms with Gasteiger partial charge in [0.1, 0.15) is 11.5 Å². The number of benzene rings is 2. The molecule has 0 saturated heterocycles. The predicted octanol–water partition coefficient (Wildman–Crippen LogP) is 3.17. The van der Waals surface area contributed by atoms with Gasteiger partial charge >= 0.3 is 0 Å². The summed E-state index contributed by atoms with van der Waals surface area (Å²) < 4.78 is 6.66. The summed E-state index contributed by atoms with van der Waals surface area (Å²) in [6, 6.07) is 10.9. The van der Waals surface area contributed by atoms with Crippen molar-refractivity contribution in [1.29, 1.82) is 0 Å². The molecular formula is C16H15I2N3O3. The quantitative estimate of drug-likeness (QED) is 0.293. The maximum atomic E-state index is 11.8. The zero-order valence-corrected chi connectivity index (χ0v) is 17.0. The van der Waals surface area contributed by atoms with E-state index in [2.05, 4.69) is 15.8 Å². The second-order valence-electron chi connectivity index (χ2n) is 4.68. The molecule has 1 amide bonds.